The maximum Gasteiger partial charge on any atom is 0.265 e. The van der Waals surface area contributed by atoms with Crippen LogP contribution in [0.2, 0.25) is 0 Å². The van der Waals surface area contributed by atoms with E-state index in [0.29, 0.717) is 21.8 Å². The molecule has 24 heavy (non-hydrogen) atoms. The SMILES string of the molecule is Cc1ccsc1C(=O)Nc1cccc(NC(=O)c2ccncc2)c1. The maximum atomic E-state index is 12.3. The van der Waals surface area contributed by atoms with Crippen molar-refractivity contribution in [3.63, 3.8) is 0 Å². The van der Waals surface area contributed by atoms with E-state index < -0.39 is 0 Å². The van der Waals surface area contributed by atoms with E-state index in [4.69, 9.17) is 0 Å². The van der Waals surface area contributed by atoms with Gasteiger partial charge >= 0.3 is 0 Å². The van der Waals surface area contributed by atoms with Gasteiger partial charge in [-0.3, -0.25) is 14.6 Å². The van der Waals surface area contributed by atoms with Crippen molar-refractivity contribution >= 4 is 34.5 Å². The van der Waals surface area contributed by atoms with Gasteiger partial charge in [-0.1, -0.05) is 6.07 Å². The Labute approximate surface area is 143 Å². The van der Waals surface area contributed by atoms with Crippen LogP contribution in [0, 0.1) is 6.92 Å². The van der Waals surface area contributed by atoms with Crippen molar-refractivity contribution in [1.29, 1.82) is 0 Å². The first-order valence-corrected chi connectivity index (χ1v) is 8.18. The molecule has 0 fully saturated rings. The van der Waals surface area contributed by atoms with E-state index in [9.17, 15) is 9.59 Å². The molecule has 0 radical (unpaired) electrons. The van der Waals surface area contributed by atoms with Gasteiger partial charge in [0, 0.05) is 29.3 Å². The highest BCUT2D eigenvalue weighted by Crippen LogP contribution is 2.20. The molecule has 5 nitrogen and oxygen atoms in total. The molecule has 0 saturated carbocycles. The van der Waals surface area contributed by atoms with Gasteiger partial charge in [-0.05, 0) is 54.3 Å². The molecule has 3 rings (SSSR count). The fraction of sp³-hybridized carbons (Fsp3) is 0.0556. The molecule has 0 aliphatic rings. The van der Waals surface area contributed by atoms with Crippen LogP contribution in [0.25, 0.3) is 0 Å². The molecule has 0 spiro atoms. The van der Waals surface area contributed by atoms with Crippen molar-refractivity contribution in [3.8, 4) is 0 Å². The van der Waals surface area contributed by atoms with E-state index in [1.54, 1.807) is 48.8 Å². The number of rotatable bonds is 4. The number of amides is 2. The molecule has 2 N–H and O–H groups in total. The number of carbonyl (C=O) groups excluding carboxylic acids is 2. The lowest BCUT2D eigenvalue weighted by molar-refractivity contribution is 0.102. The lowest BCUT2D eigenvalue weighted by Crippen LogP contribution is -2.13. The number of thiophene rings is 1. The van der Waals surface area contributed by atoms with Crippen molar-refractivity contribution in [2.45, 2.75) is 6.92 Å². The van der Waals surface area contributed by atoms with Crippen molar-refractivity contribution in [2.75, 3.05) is 10.6 Å². The minimum atomic E-state index is -0.227. The first-order chi connectivity index (χ1) is 11.6. The van der Waals surface area contributed by atoms with Crippen molar-refractivity contribution < 1.29 is 9.59 Å². The molecule has 0 bridgehead atoms. The van der Waals surface area contributed by atoms with Gasteiger partial charge < -0.3 is 10.6 Å². The van der Waals surface area contributed by atoms with Crippen molar-refractivity contribution in [2.24, 2.45) is 0 Å². The van der Waals surface area contributed by atoms with Crippen LogP contribution < -0.4 is 10.6 Å². The van der Waals surface area contributed by atoms with Gasteiger partial charge in [0.25, 0.3) is 11.8 Å². The number of pyridine rings is 1. The highest BCUT2D eigenvalue weighted by Gasteiger charge is 2.11. The van der Waals surface area contributed by atoms with Crippen LogP contribution in [-0.2, 0) is 0 Å². The number of nitrogens with zero attached hydrogens (tertiary/aromatic N) is 1. The lowest BCUT2D eigenvalue weighted by atomic mass is 10.2. The molecule has 2 heterocycles. The summed E-state index contributed by atoms with van der Waals surface area (Å²) in [6.45, 7) is 1.90. The minimum Gasteiger partial charge on any atom is -0.322 e. The second-order valence-corrected chi connectivity index (χ2v) is 6.07. The molecule has 0 atom stereocenters. The van der Waals surface area contributed by atoms with E-state index in [1.807, 2.05) is 18.4 Å². The monoisotopic (exact) mass is 337 g/mol. The quantitative estimate of drug-likeness (QED) is 0.757. The molecule has 6 heteroatoms. The smallest absolute Gasteiger partial charge is 0.265 e. The van der Waals surface area contributed by atoms with E-state index in [-0.39, 0.29) is 11.8 Å². The number of aromatic nitrogens is 1. The number of aryl methyl sites for hydroxylation is 1. The summed E-state index contributed by atoms with van der Waals surface area (Å²) in [6.07, 6.45) is 3.13. The summed E-state index contributed by atoms with van der Waals surface area (Å²) in [5, 5.41) is 7.54. The van der Waals surface area contributed by atoms with Gasteiger partial charge in [0.05, 0.1) is 4.88 Å². The van der Waals surface area contributed by atoms with Crippen molar-refractivity contribution in [3.05, 3.63) is 76.2 Å². The Morgan fingerprint density at radius 1 is 0.958 bits per heavy atom. The predicted octanol–water partition coefficient (Wildman–Crippen LogP) is 3.96. The Bertz CT molecular complexity index is 875. The predicted molar refractivity (Wildman–Crippen MR) is 95.6 cm³/mol. The first-order valence-electron chi connectivity index (χ1n) is 7.30. The van der Waals surface area contributed by atoms with Gasteiger partial charge in [-0.15, -0.1) is 11.3 Å². The van der Waals surface area contributed by atoms with E-state index >= 15 is 0 Å². The Morgan fingerprint density at radius 3 is 2.25 bits per heavy atom. The van der Waals surface area contributed by atoms with Crippen LogP contribution in [0.15, 0.2) is 60.2 Å². The number of hydrogen-bond acceptors (Lipinski definition) is 4. The highest BCUT2D eigenvalue weighted by molar-refractivity contribution is 7.12. The van der Waals surface area contributed by atoms with Gasteiger partial charge in [0.2, 0.25) is 0 Å². The van der Waals surface area contributed by atoms with E-state index in [1.165, 1.54) is 11.3 Å². The summed E-state index contributed by atoms with van der Waals surface area (Å²) >= 11 is 1.40. The standard InChI is InChI=1S/C18H15N3O2S/c1-12-7-10-24-16(12)18(23)21-15-4-2-3-14(11-15)20-17(22)13-5-8-19-9-6-13/h2-11H,1H3,(H,20,22)(H,21,23). The first kappa shape index (κ1) is 15.9. The van der Waals surface area contributed by atoms with E-state index in [0.717, 1.165) is 5.56 Å². The summed E-state index contributed by atoms with van der Waals surface area (Å²) in [6, 6.07) is 12.2. The normalized spacial score (nSPS) is 10.2. The van der Waals surface area contributed by atoms with E-state index in [2.05, 4.69) is 15.6 Å². The molecule has 0 aliphatic heterocycles. The summed E-state index contributed by atoms with van der Waals surface area (Å²) < 4.78 is 0. The van der Waals surface area contributed by atoms with Crippen LogP contribution in [0.1, 0.15) is 25.6 Å². The molecular formula is C18H15N3O2S. The zero-order valence-corrected chi connectivity index (χ0v) is 13.8. The van der Waals surface area contributed by atoms with Crippen molar-refractivity contribution in [1.82, 2.24) is 4.98 Å². The van der Waals surface area contributed by atoms with Gasteiger partial charge in [0.15, 0.2) is 0 Å². The fourth-order valence-electron chi connectivity index (χ4n) is 2.17. The molecule has 0 aliphatic carbocycles. The Kier molecular flexibility index (Phi) is 4.67. The van der Waals surface area contributed by atoms with Crippen LogP contribution in [0.3, 0.4) is 0 Å². The molecule has 0 unspecified atom stereocenters. The summed E-state index contributed by atoms with van der Waals surface area (Å²) in [5.74, 6) is -0.380. The molecule has 2 amide bonds. The minimum absolute atomic E-state index is 0.153. The third-order valence-electron chi connectivity index (χ3n) is 3.39. The number of benzene rings is 1. The Morgan fingerprint density at radius 2 is 1.62 bits per heavy atom. The molecule has 1 aromatic carbocycles. The zero-order valence-electron chi connectivity index (χ0n) is 12.9. The lowest BCUT2D eigenvalue weighted by Gasteiger charge is -2.09. The molecule has 3 aromatic rings. The zero-order chi connectivity index (χ0) is 16.9. The summed E-state index contributed by atoms with van der Waals surface area (Å²) in [7, 11) is 0. The fourth-order valence-corrected chi connectivity index (χ4v) is 2.99. The maximum absolute atomic E-state index is 12.3. The van der Waals surface area contributed by atoms with Gasteiger partial charge in [-0.25, -0.2) is 0 Å². The van der Waals surface area contributed by atoms with Crippen LogP contribution >= 0.6 is 11.3 Å². The molecule has 0 saturated heterocycles. The van der Waals surface area contributed by atoms with Gasteiger partial charge in [-0.2, -0.15) is 0 Å². The summed E-state index contributed by atoms with van der Waals surface area (Å²) in [5.41, 5.74) is 2.70. The molecule has 120 valence electrons. The third-order valence-corrected chi connectivity index (χ3v) is 4.40. The molecule has 2 aromatic heterocycles. The highest BCUT2D eigenvalue weighted by atomic mass is 32.1. The van der Waals surface area contributed by atoms with Crippen LogP contribution in [-0.4, -0.2) is 16.8 Å². The summed E-state index contributed by atoms with van der Waals surface area (Å²) in [4.78, 5) is 29.0. The number of nitrogens with one attached hydrogen (secondary N) is 2. The largest absolute Gasteiger partial charge is 0.322 e. The average molecular weight is 337 g/mol. The Balaban J connectivity index is 1.71. The average Bonchev–Trinajstić information content (AvgIpc) is 3.02. The van der Waals surface area contributed by atoms with Crippen LogP contribution in [0.5, 0.6) is 0 Å². The number of anilines is 2. The van der Waals surface area contributed by atoms with Crippen LogP contribution in [0.4, 0.5) is 11.4 Å². The Hall–Kier alpha value is -2.99. The topological polar surface area (TPSA) is 71.1 Å². The number of carbonyl (C=O) groups is 2. The third kappa shape index (κ3) is 3.67. The number of hydrogen-bond donors (Lipinski definition) is 2. The second-order valence-electron chi connectivity index (χ2n) is 5.16. The van der Waals surface area contributed by atoms with Gasteiger partial charge in [0.1, 0.15) is 0 Å². The second kappa shape index (κ2) is 7.06. The molecular weight excluding hydrogens is 322 g/mol.